The maximum Gasteiger partial charge on any atom is 0.314 e. The Balaban J connectivity index is 1.45. The quantitative estimate of drug-likeness (QED) is 0.180. The molecule has 3 aromatic rings. The highest BCUT2D eigenvalue weighted by Crippen LogP contribution is 2.28. The molecule has 0 fully saturated rings. The van der Waals surface area contributed by atoms with E-state index < -0.39 is 0 Å². The van der Waals surface area contributed by atoms with Crippen molar-refractivity contribution in [2.75, 3.05) is 13.2 Å². The molecule has 0 aliphatic heterocycles. The second-order valence-electron chi connectivity index (χ2n) is 9.66. The largest absolute Gasteiger partial charge is 0.490 e. The molecule has 0 N–H and O–H groups in total. The summed E-state index contributed by atoms with van der Waals surface area (Å²) in [5.41, 5.74) is 3.67. The predicted octanol–water partition coefficient (Wildman–Crippen LogP) is 6.75. The molecule has 180 valence electrons. The summed E-state index contributed by atoms with van der Waals surface area (Å²) in [6.07, 6.45) is 1.38. The summed E-state index contributed by atoms with van der Waals surface area (Å²) in [4.78, 5) is 12.7. The van der Waals surface area contributed by atoms with Crippen LogP contribution in [0.2, 0.25) is 0 Å². The normalized spacial score (nSPS) is 12.2. The van der Waals surface area contributed by atoms with E-state index >= 15 is 0 Å². The van der Waals surface area contributed by atoms with Crippen molar-refractivity contribution in [2.24, 2.45) is 5.92 Å². The van der Waals surface area contributed by atoms with Crippen molar-refractivity contribution in [3.05, 3.63) is 95.6 Å². The number of ether oxygens (including phenoxy) is 3. The summed E-state index contributed by atoms with van der Waals surface area (Å²) in [6.45, 7) is 10.2. The first-order valence-corrected chi connectivity index (χ1v) is 12.0. The lowest BCUT2D eigenvalue weighted by molar-refractivity contribution is -0.138. The van der Waals surface area contributed by atoms with Crippen LogP contribution < -0.4 is 9.47 Å². The van der Waals surface area contributed by atoms with Gasteiger partial charge in [0.05, 0.1) is 25.7 Å². The highest BCUT2D eigenvalue weighted by atomic mass is 16.6. The number of carbonyl (C=O) groups is 1. The minimum atomic E-state index is -0.264. The van der Waals surface area contributed by atoms with Gasteiger partial charge >= 0.3 is 5.97 Å². The molecule has 4 nitrogen and oxygen atoms in total. The van der Waals surface area contributed by atoms with Gasteiger partial charge in [-0.2, -0.15) is 0 Å². The van der Waals surface area contributed by atoms with E-state index in [2.05, 4.69) is 45.0 Å². The molecule has 0 radical (unpaired) electrons. The van der Waals surface area contributed by atoms with Gasteiger partial charge in [-0.3, -0.25) is 4.79 Å². The van der Waals surface area contributed by atoms with Gasteiger partial charge in [-0.05, 0) is 40.7 Å². The second kappa shape index (κ2) is 12.4. The van der Waals surface area contributed by atoms with Crippen LogP contribution in [-0.2, 0) is 28.0 Å². The first-order valence-electron chi connectivity index (χ1n) is 12.0. The number of benzene rings is 3. The Morgan fingerprint density at radius 3 is 2.12 bits per heavy atom. The monoisotopic (exact) mass is 460 g/mol. The number of hydrogen-bond acceptors (Lipinski definition) is 4. The van der Waals surface area contributed by atoms with Gasteiger partial charge in [-0.1, -0.05) is 94.4 Å². The zero-order valence-electron chi connectivity index (χ0n) is 20.8. The summed E-state index contributed by atoms with van der Waals surface area (Å²) in [7, 11) is 0. The molecule has 3 rings (SSSR count). The minimum absolute atomic E-state index is 0.112. The minimum Gasteiger partial charge on any atom is -0.490 e. The molecule has 0 heterocycles. The molecular weight excluding hydrogens is 424 g/mol. The van der Waals surface area contributed by atoms with Crippen LogP contribution >= 0.6 is 0 Å². The van der Waals surface area contributed by atoms with E-state index in [9.17, 15) is 4.79 Å². The lowest BCUT2D eigenvalue weighted by Gasteiger charge is -2.19. The van der Waals surface area contributed by atoms with Gasteiger partial charge in [-0.15, -0.1) is 0 Å². The highest BCUT2D eigenvalue weighted by Gasteiger charge is 2.19. The van der Waals surface area contributed by atoms with Gasteiger partial charge < -0.3 is 14.2 Å². The van der Waals surface area contributed by atoms with Gasteiger partial charge in [0.15, 0.2) is 11.5 Å². The van der Waals surface area contributed by atoms with Crippen molar-refractivity contribution >= 4 is 5.97 Å². The van der Waals surface area contributed by atoms with Gasteiger partial charge in [0.25, 0.3) is 0 Å². The Morgan fingerprint density at radius 2 is 1.44 bits per heavy atom. The number of hydrogen-bond donors (Lipinski definition) is 0. The number of rotatable bonds is 11. The van der Waals surface area contributed by atoms with Crippen LogP contribution in [0.5, 0.6) is 11.5 Å². The number of para-hydroxylation sites is 2. The zero-order valence-corrected chi connectivity index (χ0v) is 20.8. The van der Waals surface area contributed by atoms with E-state index in [4.69, 9.17) is 14.2 Å². The van der Waals surface area contributed by atoms with E-state index in [1.54, 1.807) is 6.07 Å². The van der Waals surface area contributed by atoms with Crippen molar-refractivity contribution in [3.63, 3.8) is 0 Å². The van der Waals surface area contributed by atoms with Crippen molar-refractivity contribution in [3.8, 4) is 11.5 Å². The van der Waals surface area contributed by atoms with Gasteiger partial charge in [0.2, 0.25) is 0 Å². The average Bonchev–Trinajstić information content (AvgIpc) is 2.82. The molecule has 3 aromatic carbocycles. The molecule has 34 heavy (non-hydrogen) atoms. The molecule has 0 aliphatic rings. The van der Waals surface area contributed by atoms with Crippen LogP contribution in [0.25, 0.3) is 0 Å². The SMILES string of the molecule is CC(Cc1ccc(C(C)(C)C)cc1)C(=O)Oc1ccccc1OCCCOCc1ccccc1. The van der Waals surface area contributed by atoms with E-state index in [-0.39, 0.29) is 17.3 Å². The van der Waals surface area contributed by atoms with Crippen molar-refractivity contribution < 1.29 is 19.0 Å². The van der Waals surface area contributed by atoms with Gasteiger partial charge in [-0.25, -0.2) is 0 Å². The third-order valence-corrected chi connectivity index (χ3v) is 5.63. The molecular formula is C30H36O4. The fourth-order valence-corrected chi connectivity index (χ4v) is 3.55. The van der Waals surface area contributed by atoms with E-state index in [0.717, 1.165) is 17.5 Å². The Labute approximate surface area is 203 Å². The highest BCUT2D eigenvalue weighted by molar-refractivity contribution is 5.75. The van der Waals surface area contributed by atoms with Crippen LogP contribution in [0.3, 0.4) is 0 Å². The maximum absolute atomic E-state index is 12.7. The first-order chi connectivity index (χ1) is 16.3. The van der Waals surface area contributed by atoms with Crippen LogP contribution in [0.4, 0.5) is 0 Å². The number of esters is 1. The van der Waals surface area contributed by atoms with Gasteiger partial charge in [0, 0.05) is 6.42 Å². The standard InChI is InChI=1S/C30H36O4/c1-23(21-24-15-17-26(18-16-24)30(2,3)4)29(31)34-28-14-9-8-13-27(28)33-20-10-19-32-22-25-11-6-5-7-12-25/h5-9,11-18,23H,10,19-22H2,1-4H3. The summed E-state index contributed by atoms with van der Waals surface area (Å²) in [5, 5.41) is 0. The molecule has 4 heteroatoms. The molecule has 0 aromatic heterocycles. The van der Waals surface area contributed by atoms with Crippen molar-refractivity contribution in [2.45, 2.75) is 52.6 Å². The average molecular weight is 461 g/mol. The van der Waals surface area contributed by atoms with E-state index in [1.807, 2.05) is 55.5 Å². The third-order valence-electron chi connectivity index (χ3n) is 5.63. The van der Waals surface area contributed by atoms with E-state index in [1.165, 1.54) is 5.56 Å². The van der Waals surface area contributed by atoms with Crippen molar-refractivity contribution in [1.82, 2.24) is 0 Å². The smallest absolute Gasteiger partial charge is 0.314 e. The molecule has 1 atom stereocenters. The summed E-state index contributed by atoms with van der Waals surface area (Å²) in [6, 6.07) is 25.9. The van der Waals surface area contributed by atoms with Crippen molar-refractivity contribution in [1.29, 1.82) is 0 Å². The fourth-order valence-electron chi connectivity index (χ4n) is 3.55. The third kappa shape index (κ3) is 8.03. The van der Waals surface area contributed by atoms with Gasteiger partial charge in [0.1, 0.15) is 0 Å². The van der Waals surface area contributed by atoms with E-state index in [0.29, 0.717) is 37.7 Å². The summed E-state index contributed by atoms with van der Waals surface area (Å²) < 4.78 is 17.3. The zero-order chi connectivity index (χ0) is 24.4. The fraction of sp³-hybridized carbons (Fsp3) is 0.367. The predicted molar refractivity (Wildman–Crippen MR) is 136 cm³/mol. The molecule has 0 spiro atoms. The molecule has 0 saturated carbocycles. The lowest BCUT2D eigenvalue weighted by Crippen LogP contribution is -2.20. The second-order valence-corrected chi connectivity index (χ2v) is 9.66. The van der Waals surface area contributed by atoms with Crippen LogP contribution in [0.15, 0.2) is 78.9 Å². The Morgan fingerprint density at radius 1 is 0.794 bits per heavy atom. The Bertz CT molecular complexity index is 1020. The number of carbonyl (C=O) groups excluding carboxylic acids is 1. The van der Waals surface area contributed by atoms with Crippen LogP contribution in [0.1, 0.15) is 50.8 Å². The Hall–Kier alpha value is -3.11. The first kappa shape index (κ1) is 25.5. The van der Waals surface area contributed by atoms with Crippen LogP contribution in [-0.4, -0.2) is 19.2 Å². The topological polar surface area (TPSA) is 44.8 Å². The molecule has 0 amide bonds. The molecule has 0 bridgehead atoms. The summed E-state index contributed by atoms with van der Waals surface area (Å²) >= 11 is 0. The maximum atomic E-state index is 12.7. The Kier molecular flexibility index (Phi) is 9.29. The molecule has 0 aliphatic carbocycles. The summed E-state index contributed by atoms with van der Waals surface area (Å²) in [5.74, 6) is 0.496. The van der Waals surface area contributed by atoms with Crippen LogP contribution in [0, 0.1) is 5.92 Å². The molecule has 1 unspecified atom stereocenters. The molecule has 0 saturated heterocycles. The lowest BCUT2D eigenvalue weighted by atomic mass is 9.86.